The van der Waals surface area contributed by atoms with E-state index < -0.39 is 0 Å². The third-order valence-electron chi connectivity index (χ3n) is 4.61. The van der Waals surface area contributed by atoms with Crippen LogP contribution in [0.4, 0.5) is 10.6 Å². The van der Waals surface area contributed by atoms with Gasteiger partial charge in [-0.1, -0.05) is 37.3 Å². The molecule has 6 heteroatoms. The topological polar surface area (TPSA) is 62.2 Å². The number of carbonyl (C=O) groups excluding carboxylic acids is 1. The molecule has 1 aliphatic heterocycles. The van der Waals surface area contributed by atoms with E-state index in [1.54, 1.807) is 4.68 Å². The number of urea groups is 1. The van der Waals surface area contributed by atoms with Gasteiger partial charge in [0.15, 0.2) is 5.82 Å². The van der Waals surface area contributed by atoms with Crippen LogP contribution in [0.25, 0.3) is 0 Å². The molecule has 3 rings (SSSR count). The summed E-state index contributed by atoms with van der Waals surface area (Å²) in [5.74, 6) is 1.00. The molecular weight excluding hydrogens is 302 g/mol. The Balaban J connectivity index is 1.52. The van der Waals surface area contributed by atoms with Gasteiger partial charge in [-0.05, 0) is 18.4 Å². The zero-order chi connectivity index (χ0) is 17.1. The summed E-state index contributed by atoms with van der Waals surface area (Å²) in [4.78, 5) is 14.6. The van der Waals surface area contributed by atoms with E-state index in [9.17, 15) is 4.79 Å². The van der Waals surface area contributed by atoms with Gasteiger partial charge < -0.3 is 5.32 Å². The Morgan fingerprint density at radius 1 is 1.29 bits per heavy atom. The molecule has 1 aliphatic rings. The highest BCUT2D eigenvalue weighted by atomic mass is 16.2. The lowest BCUT2D eigenvalue weighted by Crippen LogP contribution is -2.42. The van der Waals surface area contributed by atoms with Crippen LogP contribution in [0.2, 0.25) is 0 Å². The predicted octanol–water partition coefficient (Wildman–Crippen LogP) is 2.37. The van der Waals surface area contributed by atoms with Gasteiger partial charge in [0.25, 0.3) is 0 Å². The summed E-state index contributed by atoms with van der Waals surface area (Å²) in [5.41, 5.74) is 2.31. The summed E-state index contributed by atoms with van der Waals surface area (Å²) in [6, 6.07) is 12.3. The molecular formula is C18H25N5O. The molecule has 0 unspecified atom stereocenters. The molecule has 0 aliphatic carbocycles. The molecule has 0 saturated carbocycles. The highest BCUT2D eigenvalue weighted by molar-refractivity contribution is 5.88. The summed E-state index contributed by atoms with van der Waals surface area (Å²) >= 11 is 0. The first kappa shape index (κ1) is 16.5. The van der Waals surface area contributed by atoms with E-state index in [1.807, 2.05) is 26.1 Å². The van der Waals surface area contributed by atoms with E-state index in [1.165, 1.54) is 5.56 Å². The van der Waals surface area contributed by atoms with Crippen molar-refractivity contribution in [3.05, 3.63) is 47.7 Å². The Morgan fingerprint density at radius 2 is 2.04 bits per heavy atom. The van der Waals surface area contributed by atoms with Crippen LogP contribution in [0.15, 0.2) is 36.4 Å². The van der Waals surface area contributed by atoms with E-state index in [0.29, 0.717) is 11.7 Å². The maximum absolute atomic E-state index is 12.2. The first-order valence-corrected chi connectivity index (χ1v) is 8.35. The lowest BCUT2D eigenvalue weighted by molar-refractivity contribution is 0.246. The van der Waals surface area contributed by atoms with Gasteiger partial charge in [-0.15, -0.1) is 0 Å². The van der Waals surface area contributed by atoms with Crippen LogP contribution in [0.1, 0.15) is 18.2 Å². The molecule has 1 fully saturated rings. The molecule has 1 saturated heterocycles. The molecule has 2 N–H and O–H groups in total. The summed E-state index contributed by atoms with van der Waals surface area (Å²) < 4.78 is 1.75. The van der Waals surface area contributed by atoms with Crippen LogP contribution < -0.4 is 10.6 Å². The Bertz CT molecular complexity index is 677. The maximum Gasteiger partial charge on any atom is 0.320 e. The van der Waals surface area contributed by atoms with Crippen molar-refractivity contribution in [3.63, 3.8) is 0 Å². The number of nitrogens with zero attached hydrogens (tertiary/aromatic N) is 3. The zero-order valence-electron chi connectivity index (χ0n) is 14.5. The minimum atomic E-state index is -0.188. The fraction of sp³-hybridized carbons (Fsp3) is 0.444. The summed E-state index contributed by atoms with van der Waals surface area (Å²) in [6.45, 7) is 6.91. The van der Waals surface area contributed by atoms with Gasteiger partial charge in [0.2, 0.25) is 0 Å². The summed E-state index contributed by atoms with van der Waals surface area (Å²) in [7, 11) is 1.86. The molecule has 0 radical (unpaired) electrons. The number of aromatic nitrogens is 2. The second-order valence-corrected chi connectivity index (χ2v) is 6.66. The first-order chi connectivity index (χ1) is 11.5. The minimum absolute atomic E-state index is 0.151. The number of hydrogen-bond acceptors (Lipinski definition) is 3. The normalized spacial score (nSPS) is 21.0. The van der Waals surface area contributed by atoms with Crippen LogP contribution in [-0.4, -0.2) is 39.8 Å². The van der Waals surface area contributed by atoms with Crippen molar-refractivity contribution in [3.8, 4) is 0 Å². The van der Waals surface area contributed by atoms with Crippen molar-refractivity contribution in [1.82, 2.24) is 20.0 Å². The molecule has 1 aromatic heterocycles. The molecule has 6 nitrogen and oxygen atoms in total. The Hall–Kier alpha value is -2.34. The van der Waals surface area contributed by atoms with Crippen molar-refractivity contribution >= 4 is 11.8 Å². The monoisotopic (exact) mass is 327 g/mol. The molecule has 24 heavy (non-hydrogen) atoms. The second kappa shape index (κ2) is 7.05. The van der Waals surface area contributed by atoms with Crippen LogP contribution in [-0.2, 0) is 13.6 Å². The number of likely N-dealkylation sites (tertiary alicyclic amines) is 1. The van der Waals surface area contributed by atoms with Crippen LogP contribution in [0, 0.1) is 12.8 Å². The van der Waals surface area contributed by atoms with Crippen molar-refractivity contribution in [2.24, 2.45) is 13.0 Å². The molecule has 2 aromatic rings. The van der Waals surface area contributed by atoms with Crippen molar-refractivity contribution < 1.29 is 4.79 Å². The lowest BCUT2D eigenvalue weighted by atomic mass is 10.1. The number of nitrogens with one attached hydrogen (secondary N) is 2. The second-order valence-electron chi connectivity index (χ2n) is 6.66. The number of carbonyl (C=O) groups is 1. The average molecular weight is 327 g/mol. The number of rotatable bonds is 4. The van der Waals surface area contributed by atoms with Crippen LogP contribution in [0.5, 0.6) is 0 Å². The van der Waals surface area contributed by atoms with Crippen molar-refractivity contribution in [2.45, 2.75) is 26.4 Å². The van der Waals surface area contributed by atoms with Crippen molar-refractivity contribution in [2.75, 3.05) is 18.4 Å². The van der Waals surface area contributed by atoms with Gasteiger partial charge in [0, 0.05) is 44.5 Å². The van der Waals surface area contributed by atoms with Crippen molar-refractivity contribution in [1.29, 1.82) is 0 Å². The fourth-order valence-corrected chi connectivity index (χ4v) is 3.17. The lowest BCUT2D eigenvalue weighted by Gasteiger charge is -2.17. The smallest absolute Gasteiger partial charge is 0.320 e. The Kier molecular flexibility index (Phi) is 4.85. The average Bonchev–Trinajstić information content (AvgIpc) is 3.02. The highest BCUT2D eigenvalue weighted by Gasteiger charge is 2.30. The van der Waals surface area contributed by atoms with E-state index in [2.05, 4.69) is 51.8 Å². The van der Waals surface area contributed by atoms with E-state index in [0.717, 1.165) is 25.3 Å². The first-order valence-electron chi connectivity index (χ1n) is 8.35. The maximum atomic E-state index is 12.2. The third-order valence-corrected chi connectivity index (χ3v) is 4.61. The minimum Gasteiger partial charge on any atom is -0.333 e. The molecule has 128 valence electrons. The standard InChI is InChI=1S/C18H25N5O/c1-13-10-23(11-15-7-5-4-6-8-15)12-16(13)19-18(24)20-17-9-14(2)22(3)21-17/h4-9,13,16H,10-12H2,1-3H3,(H2,19,20,21,24)/t13-,16+/m0/s1. The molecule has 2 amide bonds. The van der Waals surface area contributed by atoms with Gasteiger partial charge in [0.1, 0.15) is 0 Å². The SMILES string of the molecule is Cc1cc(NC(=O)N[C@@H]2CN(Cc3ccccc3)C[C@@H]2C)nn1C. The summed E-state index contributed by atoms with van der Waals surface area (Å²) in [6.07, 6.45) is 0. The highest BCUT2D eigenvalue weighted by Crippen LogP contribution is 2.19. The van der Waals surface area contributed by atoms with E-state index >= 15 is 0 Å². The number of amides is 2. The number of aryl methyl sites for hydroxylation is 2. The van der Waals surface area contributed by atoms with Crippen LogP contribution in [0.3, 0.4) is 0 Å². The van der Waals surface area contributed by atoms with E-state index in [4.69, 9.17) is 0 Å². The molecule has 0 bridgehead atoms. The molecule has 2 atom stereocenters. The van der Waals surface area contributed by atoms with Gasteiger partial charge in [0.05, 0.1) is 0 Å². The number of benzene rings is 1. The van der Waals surface area contributed by atoms with Gasteiger partial charge in [-0.2, -0.15) is 5.10 Å². The largest absolute Gasteiger partial charge is 0.333 e. The summed E-state index contributed by atoms with van der Waals surface area (Å²) in [5, 5.41) is 10.1. The third kappa shape index (κ3) is 3.94. The Labute approximate surface area is 142 Å². The van der Waals surface area contributed by atoms with Gasteiger partial charge >= 0.3 is 6.03 Å². The number of anilines is 1. The fourth-order valence-electron chi connectivity index (χ4n) is 3.17. The van der Waals surface area contributed by atoms with Gasteiger partial charge in [-0.3, -0.25) is 14.9 Å². The predicted molar refractivity (Wildman–Crippen MR) is 94.8 cm³/mol. The van der Waals surface area contributed by atoms with Gasteiger partial charge in [-0.25, -0.2) is 4.79 Å². The zero-order valence-corrected chi connectivity index (χ0v) is 14.5. The Morgan fingerprint density at radius 3 is 2.71 bits per heavy atom. The molecule has 0 spiro atoms. The van der Waals surface area contributed by atoms with Crippen LogP contribution >= 0.6 is 0 Å². The van der Waals surface area contributed by atoms with E-state index in [-0.39, 0.29) is 12.1 Å². The molecule has 1 aromatic carbocycles. The number of hydrogen-bond donors (Lipinski definition) is 2. The molecule has 2 heterocycles. The quantitative estimate of drug-likeness (QED) is 0.906.